The molecule has 1 fully saturated rings. The second kappa shape index (κ2) is 6.13. The number of thioether (sulfide) groups is 1. The lowest BCUT2D eigenvalue weighted by Crippen LogP contribution is -2.44. The quantitative estimate of drug-likeness (QED) is 0.729. The Labute approximate surface area is 84.0 Å². The Kier molecular flexibility index (Phi) is 5.05. The zero-order chi connectivity index (χ0) is 9.52. The van der Waals surface area contributed by atoms with E-state index in [1.54, 1.807) is 0 Å². The predicted molar refractivity (Wildman–Crippen MR) is 57.2 cm³/mol. The Bertz CT molecular complexity index is 158. The van der Waals surface area contributed by atoms with E-state index in [2.05, 4.69) is 17.6 Å². The molecule has 3 nitrogen and oxygen atoms in total. The largest absolute Gasteiger partial charge is 0.338 e. The van der Waals surface area contributed by atoms with Crippen molar-refractivity contribution in [3.63, 3.8) is 0 Å². The lowest BCUT2D eigenvalue weighted by molar-refractivity contribution is 0.237. The Morgan fingerprint density at radius 2 is 2.46 bits per heavy atom. The topological polar surface area (TPSA) is 41.1 Å². The number of rotatable bonds is 3. The summed E-state index contributed by atoms with van der Waals surface area (Å²) in [5, 5.41) is 5.80. The van der Waals surface area contributed by atoms with Crippen LogP contribution in [0.1, 0.15) is 26.2 Å². The molecule has 1 heterocycles. The lowest BCUT2D eigenvalue weighted by atomic mass is 10.2. The Balaban J connectivity index is 2.11. The van der Waals surface area contributed by atoms with Crippen molar-refractivity contribution in [3.05, 3.63) is 0 Å². The fraction of sp³-hybridized carbons (Fsp3) is 0.889. The molecule has 1 aliphatic heterocycles. The predicted octanol–water partition coefficient (Wildman–Crippen LogP) is 1.59. The first-order valence-electron chi connectivity index (χ1n) is 4.95. The molecular weight excluding hydrogens is 184 g/mol. The van der Waals surface area contributed by atoms with E-state index in [1.165, 1.54) is 12.2 Å². The van der Waals surface area contributed by atoms with Crippen LogP contribution < -0.4 is 10.6 Å². The van der Waals surface area contributed by atoms with Crippen molar-refractivity contribution in [1.29, 1.82) is 0 Å². The van der Waals surface area contributed by atoms with Crippen LogP contribution in [0.5, 0.6) is 0 Å². The van der Waals surface area contributed by atoms with Gasteiger partial charge in [0.2, 0.25) is 0 Å². The van der Waals surface area contributed by atoms with E-state index in [9.17, 15) is 4.79 Å². The minimum absolute atomic E-state index is 0.00523. The van der Waals surface area contributed by atoms with Gasteiger partial charge < -0.3 is 10.6 Å². The average molecular weight is 202 g/mol. The van der Waals surface area contributed by atoms with E-state index in [1.807, 2.05) is 11.8 Å². The van der Waals surface area contributed by atoms with Gasteiger partial charge in [0.25, 0.3) is 0 Å². The standard InChI is InChI=1S/C9H18N2OS/c1-2-5-10-9(12)11-8-4-3-6-13-7-8/h8H,2-7H2,1H3,(H2,10,11,12). The maximum atomic E-state index is 11.2. The molecule has 1 saturated heterocycles. The van der Waals surface area contributed by atoms with E-state index >= 15 is 0 Å². The molecule has 0 spiro atoms. The van der Waals surface area contributed by atoms with Gasteiger partial charge in [-0.25, -0.2) is 4.79 Å². The lowest BCUT2D eigenvalue weighted by Gasteiger charge is -2.22. The molecule has 1 rings (SSSR count). The van der Waals surface area contributed by atoms with Gasteiger partial charge in [0.1, 0.15) is 0 Å². The number of amides is 2. The van der Waals surface area contributed by atoms with Crippen LogP contribution in [0.25, 0.3) is 0 Å². The van der Waals surface area contributed by atoms with Gasteiger partial charge in [-0.05, 0) is 25.0 Å². The summed E-state index contributed by atoms with van der Waals surface area (Å²) in [6.45, 7) is 2.82. The highest BCUT2D eigenvalue weighted by Gasteiger charge is 2.15. The molecule has 0 aromatic carbocycles. The third kappa shape index (κ3) is 4.41. The summed E-state index contributed by atoms with van der Waals surface area (Å²) in [5.41, 5.74) is 0. The van der Waals surface area contributed by atoms with Gasteiger partial charge in [0.15, 0.2) is 0 Å². The summed E-state index contributed by atoms with van der Waals surface area (Å²) in [6, 6.07) is 0.380. The van der Waals surface area contributed by atoms with Crippen molar-refractivity contribution in [3.8, 4) is 0 Å². The fourth-order valence-corrected chi connectivity index (χ4v) is 2.40. The summed E-state index contributed by atoms with van der Waals surface area (Å²) in [6.07, 6.45) is 3.35. The third-order valence-electron chi connectivity index (χ3n) is 2.03. The zero-order valence-corrected chi connectivity index (χ0v) is 8.95. The highest BCUT2D eigenvalue weighted by atomic mass is 32.2. The molecule has 0 aliphatic carbocycles. The molecule has 0 aromatic rings. The number of carbonyl (C=O) groups excluding carboxylic acids is 1. The minimum atomic E-state index is -0.00523. The summed E-state index contributed by atoms with van der Waals surface area (Å²) >= 11 is 1.93. The second-order valence-corrected chi connectivity index (χ2v) is 4.46. The molecule has 2 N–H and O–H groups in total. The first kappa shape index (κ1) is 10.7. The number of urea groups is 1. The molecule has 4 heteroatoms. The summed E-state index contributed by atoms with van der Waals surface area (Å²) in [4.78, 5) is 11.2. The first-order chi connectivity index (χ1) is 6.33. The minimum Gasteiger partial charge on any atom is -0.338 e. The van der Waals surface area contributed by atoms with Crippen LogP contribution in [0.15, 0.2) is 0 Å². The molecule has 0 bridgehead atoms. The van der Waals surface area contributed by atoms with Crippen molar-refractivity contribution in [1.82, 2.24) is 10.6 Å². The molecule has 76 valence electrons. The normalized spacial score (nSPS) is 22.4. The molecule has 0 radical (unpaired) electrons. The van der Waals surface area contributed by atoms with Crippen LogP contribution in [0.4, 0.5) is 4.79 Å². The van der Waals surface area contributed by atoms with Gasteiger partial charge in [0.05, 0.1) is 0 Å². The van der Waals surface area contributed by atoms with Gasteiger partial charge in [-0.15, -0.1) is 0 Å². The fourth-order valence-electron chi connectivity index (χ4n) is 1.33. The second-order valence-electron chi connectivity index (χ2n) is 3.31. The Morgan fingerprint density at radius 1 is 1.62 bits per heavy atom. The summed E-state index contributed by atoms with van der Waals surface area (Å²) < 4.78 is 0. The van der Waals surface area contributed by atoms with Crippen molar-refractivity contribution < 1.29 is 4.79 Å². The smallest absolute Gasteiger partial charge is 0.315 e. The molecule has 1 aliphatic rings. The van der Waals surface area contributed by atoms with E-state index in [0.29, 0.717) is 6.04 Å². The molecule has 2 amide bonds. The van der Waals surface area contributed by atoms with Crippen LogP contribution in [-0.2, 0) is 0 Å². The monoisotopic (exact) mass is 202 g/mol. The van der Waals surface area contributed by atoms with Crippen LogP contribution in [0.3, 0.4) is 0 Å². The van der Waals surface area contributed by atoms with E-state index in [4.69, 9.17) is 0 Å². The number of hydrogen-bond donors (Lipinski definition) is 2. The first-order valence-corrected chi connectivity index (χ1v) is 6.10. The summed E-state index contributed by atoms with van der Waals surface area (Å²) in [5.74, 6) is 2.31. The van der Waals surface area contributed by atoms with Crippen molar-refractivity contribution in [2.75, 3.05) is 18.1 Å². The van der Waals surface area contributed by atoms with E-state index in [0.717, 1.165) is 25.1 Å². The maximum absolute atomic E-state index is 11.2. The molecule has 0 aromatic heterocycles. The SMILES string of the molecule is CCCNC(=O)NC1CCCSC1. The summed E-state index contributed by atoms with van der Waals surface area (Å²) in [7, 11) is 0. The highest BCUT2D eigenvalue weighted by Crippen LogP contribution is 2.16. The Hall–Kier alpha value is -0.380. The molecular formula is C9H18N2OS. The van der Waals surface area contributed by atoms with Crippen molar-refractivity contribution >= 4 is 17.8 Å². The van der Waals surface area contributed by atoms with E-state index < -0.39 is 0 Å². The van der Waals surface area contributed by atoms with Gasteiger partial charge in [-0.3, -0.25) is 0 Å². The van der Waals surface area contributed by atoms with Crippen LogP contribution >= 0.6 is 11.8 Å². The Morgan fingerprint density at radius 3 is 3.08 bits per heavy atom. The van der Waals surface area contributed by atoms with Crippen LogP contribution in [0.2, 0.25) is 0 Å². The molecule has 13 heavy (non-hydrogen) atoms. The number of carbonyl (C=O) groups is 1. The highest BCUT2D eigenvalue weighted by molar-refractivity contribution is 7.99. The van der Waals surface area contributed by atoms with Gasteiger partial charge in [0, 0.05) is 18.3 Å². The average Bonchev–Trinajstić information content (AvgIpc) is 2.16. The number of nitrogens with one attached hydrogen (secondary N) is 2. The van der Waals surface area contributed by atoms with Gasteiger partial charge in [-0.2, -0.15) is 11.8 Å². The van der Waals surface area contributed by atoms with Gasteiger partial charge in [-0.1, -0.05) is 6.92 Å². The zero-order valence-electron chi connectivity index (χ0n) is 8.14. The molecule has 1 atom stereocenters. The maximum Gasteiger partial charge on any atom is 0.315 e. The third-order valence-corrected chi connectivity index (χ3v) is 3.25. The molecule has 1 unspecified atom stereocenters. The molecule has 0 saturated carbocycles. The van der Waals surface area contributed by atoms with Crippen LogP contribution in [-0.4, -0.2) is 30.1 Å². The van der Waals surface area contributed by atoms with E-state index in [-0.39, 0.29) is 6.03 Å². The van der Waals surface area contributed by atoms with Gasteiger partial charge >= 0.3 is 6.03 Å². The van der Waals surface area contributed by atoms with Crippen LogP contribution in [0, 0.1) is 0 Å². The van der Waals surface area contributed by atoms with Crippen molar-refractivity contribution in [2.45, 2.75) is 32.2 Å². The van der Waals surface area contributed by atoms with Crippen molar-refractivity contribution in [2.24, 2.45) is 0 Å². The number of hydrogen-bond acceptors (Lipinski definition) is 2.